The standard InChI is InChI=1S/C14H19N5S/c1-2-11-7-13(15-8-12-9-20-10-16-12)18-14(17-11)19-5-3-4-6-19/h7,9-10H,2-6,8H2,1H3,(H,15,17,18). The van der Waals surface area contributed by atoms with Gasteiger partial charge in [-0.05, 0) is 19.3 Å². The van der Waals surface area contributed by atoms with Crippen LogP contribution in [0, 0.1) is 0 Å². The van der Waals surface area contributed by atoms with E-state index in [1.807, 2.05) is 11.6 Å². The summed E-state index contributed by atoms with van der Waals surface area (Å²) in [6.07, 6.45) is 3.40. The molecule has 0 unspecified atom stereocenters. The quantitative estimate of drug-likeness (QED) is 0.917. The lowest BCUT2D eigenvalue weighted by atomic mass is 10.3. The molecule has 1 aliphatic heterocycles. The van der Waals surface area contributed by atoms with Crippen LogP contribution in [-0.2, 0) is 13.0 Å². The highest BCUT2D eigenvalue weighted by Gasteiger charge is 2.16. The fourth-order valence-electron chi connectivity index (χ4n) is 2.32. The highest BCUT2D eigenvalue weighted by Crippen LogP contribution is 2.19. The Morgan fingerprint density at radius 1 is 1.25 bits per heavy atom. The van der Waals surface area contributed by atoms with Gasteiger partial charge in [0.2, 0.25) is 5.95 Å². The first kappa shape index (κ1) is 13.3. The van der Waals surface area contributed by atoms with Crippen molar-refractivity contribution in [1.82, 2.24) is 15.0 Å². The van der Waals surface area contributed by atoms with E-state index >= 15 is 0 Å². The van der Waals surface area contributed by atoms with Gasteiger partial charge >= 0.3 is 0 Å². The summed E-state index contributed by atoms with van der Waals surface area (Å²) in [5, 5.41) is 5.40. The number of hydrogen-bond donors (Lipinski definition) is 1. The van der Waals surface area contributed by atoms with E-state index in [0.29, 0.717) is 6.54 Å². The first-order valence-corrected chi connectivity index (χ1v) is 8.03. The van der Waals surface area contributed by atoms with Crippen LogP contribution in [-0.4, -0.2) is 28.0 Å². The predicted molar refractivity (Wildman–Crippen MR) is 82.3 cm³/mol. The number of aromatic nitrogens is 3. The molecule has 1 N–H and O–H groups in total. The van der Waals surface area contributed by atoms with Gasteiger partial charge in [-0.25, -0.2) is 9.97 Å². The molecule has 1 saturated heterocycles. The van der Waals surface area contributed by atoms with E-state index in [1.54, 1.807) is 11.3 Å². The second-order valence-electron chi connectivity index (χ2n) is 4.93. The number of aryl methyl sites for hydroxylation is 1. The molecular weight excluding hydrogens is 270 g/mol. The summed E-state index contributed by atoms with van der Waals surface area (Å²) in [6, 6.07) is 2.03. The molecule has 1 aliphatic rings. The fraction of sp³-hybridized carbons (Fsp3) is 0.500. The SMILES string of the molecule is CCc1cc(NCc2cscn2)nc(N2CCCC2)n1. The van der Waals surface area contributed by atoms with Crippen LogP contribution in [0.25, 0.3) is 0 Å². The van der Waals surface area contributed by atoms with Crippen molar-refractivity contribution in [2.24, 2.45) is 0 Å². The van der Waals surface area contributed by atoms with Crippen LogP contribution < -0.4 is 10.2 Å². The number of thiazole rings is 1. The molecule has 0 amide bonds. The van der Waals surface area contributed by atoms with Gasteiger partial charge in [-0.15, -0.1) is 11.3 Å². The van der Waals surface area contributed by atoms with Crippen LogP contribution in [0.1, 0.15) is 31.2 Å². The summed E-state index contributed by atoms with van der Waals surface area (Å²) >= 11 is 1.61. The third-order valence-electron chi connectivity index (χ3n) is 3.45. The molecule has 20 heavy (non-hydrogen) atoms. The molecule has 1 fully saturated rings. The Morgan fingerprint density at radius 3 is 2.80 bits per heavy atom. The normalized spacial score (nSPS) is 14.8. The first-order valence-electron chi connectivity index (χ1n) is 7.09. The maximum Gasteiger partial charge on any atom is 0.227 e. The monoisotopic (exact) mass is 289 g/mol. The molecular formula is C14H19N5S. The summed E-state index contributed by atoms with van der Waals surface area (Å²) in [5.41, 5.74) is 3.99. The van der Waals surface area contributed by atoms with E-state index < -0.39 is 0 Å². The van der Waals surface area contributed by atoms with Gasteiger partial charge in [-0.1, -0.05) is 6.92 Å². The van der Waals surface area contributed by atoms with Gasteiger partial charge in [0.25, 0.3) is 0 Å². The maximum absolute atomic E-state index is 4.64. The lowest BCUT2D eigenvalue weighted by Gasteiger charge is -2.17. The Balaban J connectivity index is 1.76. The molecule has 3 heterocycles. The Labute approximate surface area is 123 Å². The van der Waals surface area contributed by atoms with Crippen molar-refractivity contribution >= 4 is 23.1 Å². The topological polar surface area (TPSA) is 53.9 Å². The van der Waals surface area contributed by atoms with Gasteiger partial charge in [0, 0.05) is 30.2 Å². The number of anilines is 2. The van der Waals surface area contributed by atoms with Crippen molar-refractivity contribution in [2.75, 3.05) is 23.3 Å². The molecule has 0 saturated carbocycles. The van der Waals surface area contributed by atoms with E-state index in [1.165, 1.54) is 12.8 Å². The number of rotatable bonds is 5. The Morgan fingerprint density at radius 2 is 2.10 bits per heavy atom. The smallest absolute Gasteiger partial charge is 0.227 e. The molecule has 0 bridgehead atoms. The average Bonchev–Trinajstić information content (AvgIpc) is 3.17. The molecule has 6 heteroatoms. The zero-order valence-electron chi connectivity index (χ0n) is 11.7. The van der Waals surface area contributed by atoms with Gasteiger partial charge in [0.05, 0.1) is 17.7 Å². The molecule has 2 aromatic heterocycles. The number of hydrogen-bond acceptors (Lipinski definition) is 6. The largest absolute Gasteiger partial charge is 0.364 e. The van der Waals surface area contributed by atoms with E-state index in [-0.39, 0.29) is 0 Å². The minimum Gasteiger partial charge on any atom is -0.364 e. The van der Waals surface area contributed by atoms with Crippen molar-refractivity contribution in [3.63, 3.8) is 0 Å². The second kappa shape index (κ2) is 6.17. The zero-order chi connectivity index (χ0) is 13.8. The van der Waals surface area contributed by atoms with Gasteiger partial charge in [-0.2, -0.15) is 4.98 Å². The van der Waals surface area contributed by atoms with Crippen LogP contribution in [0.2, 0.25) is 0 Å². The molecule has 0 atom stereocenters. The summed E-state index contributed by atoms with van der Waals surface area (Å²) in [5.74, 6) is 1.76. The summed E-state index contributed by atoms with van der Waals surface area (Å²) in [4.78, 5) is 15.8. The van der Waals surface area contributed by atoms with Crippen LogP contribution in [0.15, 0.2) is 17.0 Å². The highest BCUT2D eigenvalue weighted by molar-refractivity contribution is 7.07. The molecule has 5 nitrogen and oxygen atoms in total. The van der Waals surface area contributed by atoms with Gasteiger partial charge in [0.15, 0.2) is 0 Å². The lowest BCUT2D eigenvalue weighted by molar-refractivity contribution is 0.872. The molecule has 2 aromatic rings. The Kier molecular flexibility index (Phi) is 4.11. The van der Waals surface area contributed by atoms with Crippen molar-refractivity contribution in [2.45, 2.75) is 32.7 Å². The summed E-state index contributed by atoms with van der Waals surface area (Å²) < 4.78 is 0. The van der Waals surface area contributed by atoms with E-state index in [4.69, 9.17) is 0 Å². The van der Waals surface area contributed by atoms with Crippen LogP contribution in [0.3, 0.4) is 0 Å². The van der Waals surface area contributed by atoms with Crippen molar-refractivity contribution in [3.8, 4) is 0 Å². The average molecular weight is 289 g/mol. The third kappa shape index (κ3) is 3.07. The van der Waals surface area contributed by atoms with Crippen LogP contribution in [0.4, 0.5) is 11.8 Å². The molecule has 3 rings (SSSR count). The Bertz CT molecular complexity index is 549. The van der Waals surface area contributed by atoms with E-state index in [0.717, 1.165) is 42.7 Å². The Hall–Kier alpha value is -1.69. The predicted octanol–water partition coefficient (Wildman–Crippen LogP) is 2.71. The van der Waals surface area contributed by atoms with E-state index in [9.17, 15) is 0 Å². The molecule has 0 aromatic carbocycles. The van der Waals surface area contributed by atoms with Crippen molar-refractivity contribution in [3.05, 3.63) is 28.3 Å². The number of nitrogens with zero attached hydrogens (tertiary/aromatic N) is 4. The minimum absolute atomic E-state index is 0.711. The molecule has 0 aliphatic carbocycles. The van der Waals surface area contributed by atoms with Crippen molar-refractivity contribution < 1.29 is 0 Å². The van der Waals surface area contributed by atoms with Gasteiger partial charge in [-0.3, -0.25) is 0 Å². The highest BCUT2D eigenvalue weighted by atomic mass is 32.1. The molecule has 0 radical (unpaired) electrons. The maximum atomic E-state index is 4.64. The van der Waals surface area contributed by atoms with Gasteiger partial charge in [0.1, 0.15) is 5.82 Å². The first-order chi connectivity index (χ1) is 9.85. The fourth-order valence-corrected chi connectivity index (χ4v) is 2.88. The van der Waals surface area contributed by atoms with E-state index in [2.05, 4.69) is 37.5 Å². The summed E-state index contributed by atoms with van der Waals surface area (Å²) in [6.45, 7) is 4.97. The van der Waals surface area contributed by atoms with Crippen LogP contribution >= 0.6 is 11.3 Å². The number of nitrogens with one attached hydrogen (secondary N) is 1. The second-order valence-corrected chi connectivity index (χ2v) is 5.64. The molecule has 106 valence electrons. The van der Waals surface area contributed by atoms with Gasteiger partial charge < -0.3 is 10.2 Å². The van der Waals surface area contributed by atoms with Crippen molar-refractivity contribution in [1.29, 1.82) is 0 Å². The summed E-state index contributed by atoms with van der Waals surface area (Å²) in [7, 11) is 0. The minimum atomic E-state index is 0.711. The zero-order valence-corrected chi connectivity index (χ0v) is 12.5. The molecule has 0 spiro atoms. The lowest BCUT2D eigenvalue weighted by Crippen LogP contribution is -2.21. The third-order valence-corrected chi connectivity index (χ3v) is 4.09. The van der Waals surface area contributed by atoms with Crippen LogP contribution in [0.5, 0.6) is 0 Å².